The lowest BCUT2D eigenvalue weighted by atomic mass is 10.1. The second-order valence-electron chi connectivity index (χ2n) is 4.11. The zero-order valence-corrected chi connectivity index (χ0v) is 11.0. The first-order chi connectivity index (χ1) is 7.35. The fraction of sp³-hybridized carbons (Fsp3) is 0.455. The van der Waals surface area contributed by atoms with Crippen LogP contribution in [0.25, 0.3) is 0 Å². The minimum absolute atomic E-state index is 0.366. The van der Waals surface area contributed by atoms with Gasteiger partial charge in [-0.2, -0.15) is 0 Å². The van der Waals surface area contributed by atoms with Crippen molar-refractivity contribution in [3.05, 3.63) is 22.2 Å². The number of rotatable bonds is 4. The van der Waals surface area contributed by atoms with Crippen molar-refractivity contribution in [2.24, 2.45) is 0 Å². The number of nitrogens with one attached hydrogen (secondary N) is 1. The van der Waals surface area contributed by atoms with E-state index in [4.69, 9.17) is 27.9 Å². The zero-order chi connectivity index (χ0) is 12.3. The fourth-order valence-corrected chi connectivity index (χ4v) is 1.60. The fourth-order valence-electron chi connectivity index (χ4n) is 1.14. The van der Waals surface area contributed by atoms with Gasteiger partial charge in [0.05, 0.1) is 23.4 Å². The van der Waals surface area contributed by atoms with Crippen LogP contribution in [0, 0.1) is 0 Å². The summed E-state index contributed by atoms with van der Waals surface area (Å²) in [6.45, 7) is 3.80. The number of aliphatic hydroxyl groups is 1. The van der Waals surface area contributed by atoms with Gasteiger partial charge in [0, 0.05) is 6.54 Å². The van der Waals surface area contributed by atoms with Gasteiger partial charge in [-0.25, -0.2) is 0 Å². The summed E-state index contributed by atoms with van der Waals surface area (Å²) in [5.74, 6) is 0.528. The van der Waals surface area contributed by atoms with Crippen LogP contribution in [-0.4, -0.2) is 24.4 Å². The number of benzene rings is 1. The van der Waals surface area contributed by atoms with E-state index in [9.17, 15) is 5.11 Å². The van der Waals surface area contributed by atoms with Gasteiger partial charge in [0.25, 0.3) is 0 Å². The van der Waals surface area contributed by atoms with Crippen molar-refractivity contribution in [1.82, 2.24) is 0 Å². The Labute approximate surface area is 105 Å². The molecule has 0 aromatic heterocycles. The molecule has 1 aromatic carbocycles. The van der Waals surface area contributed by atoms with Crippen molar-refractivity contribution in [3.8, 4) is 5.75 Å². The number of anilines is 1. The molecule has 3 nitrogen and oxygen atoms in total. The van der Waals surface area contributed by atoms with Crippen LogP contribution in [0.3, 0.4) is 0 Å². The van der Waals surface area contributed by atoms with Crippen LogP contribution >= 0.6 is 23.2 Å². The summed E-state index contributed by atoms with van der Waals surface area (Å²) in [4.78, 5) is 0. The normalized spacial score (nSPS) is 11.4. The Bertz CT molecular complexity index is 375. The van der Waals surface area contributed by atoms with Gasteiger partial charge in [0.1, 0.15) is 10.8 Å². The highest BCUT2D eigenvalue weighted by molar-refractivity contribution is 6.44. The third-order valence-electron chi connectivity index (χ3n) is 1.98. The van der Waals surface area contributed by atoms with E-state index in [1.807, 2.05) is 0 Å². The standard InChI is InChI=1S/C11H15Cl2NO2/c1-11(2,15)6-14-7-4-5-8(16-3)10(13)9(7)12/h4-5,14-15H,6H2,1-3H3. The van der Waals surface area contributed by atoms with Crippen molar-refractivity contribution in [3.63, 3.8) is 0 Å². The SMILES string of the molecule is COc1ccc(NCC(C)(C)O)c(Cl)c1Cl. The molecule has 0 unspecified atom stereocenters. The molecule has 1 rings (SSSR count). The molecule has 0 radical (unpaired) electrons. The van der Waals surface area contributed by atoms with Crippen LogP contribution in [0.4, 0.5) is 5.69 Å². The first-order valence-corrected chi connectivity index (χ1v) is 5.59. The monoisotopic (exact) mass is 263 g/mol. The van der Waals surface area contributed by atoms with Gasteiger partial charge in [0.2, 0.25) is 0 Å². The molecule has 0 spiro atoms. The molecule has 0 fully saturated rings. The second kappa shape index (κ2) is 5.13. The number of hydrogen-bond donors (Lipinski definition) is 2. The maximum absolute atomic E-state index is 9.58. The quantitative estimate of drug-likeness (QED) is 0.877. The first-order valence-electron chi connectivity index (χ1n) is 4.83. The van der Waals surface area contributed by atoms with E-state index in [-0.39, 0.29) is 0 Å². The molecule has 0 heterocycles. The molecule has 0 saturated heterocycles. The summed E-state index contributed by atoms with van der Waals surface area (Å²) >= 11 is 12.0. The highest BCUT2D eigenvalue weighted by Crippen LogP contribution is 2.37. The summed E-state index contributed by atoms with van der Waals surface area (Å²) in [6, 6.07) is 3.49. The number of ether oxygens (including phenoxy) is 1. The topological polar surface area (TPSA) is 41.5 Å². The summed E-state index contributed by atoms with van der Waals surface area (Å²) in [5, 5.41) is 13.4. The van der Waals surface area contributed by atoms with Gasteiger partial charge in [-0.05, 0) is 26.0 Å². The first kappa shape index (κ1) is 13.4. The smallest absolute Gasteiger partial charge is 0.139 e. The van der Waals surface area contributed by atoms with Crippen LogP contribution in [0.15, 0.2) is 12.1 Å². The van der Waals surface area contributed by atoms with E-state index in [2.05, 4.69) is 5.32 Å². The Morgan fingerprint density at radius 3 is 2.44 bits per heavy atom. The number of halogens is 2. The molecule has 0 saturated carbocycles. The maximum atomic E-state index is 9.58. The summed E-state index contributed by atoms with van der Waals surface area (Å²) in [6.07, 6.45) is 0. The van der Waals surface area contributed by atoms with Crippen molar-refractivity contribution in [2.45, 2.75) is 19.4 Å². The van der Waals surface area contributed by atoms with Gasteiger partial charge >= 0.3 is 0 Å². The number of methoxy groups -OCH3 is 1. The van der Waals surface area contributed by atoms with Gasteiger partial charge in [-0.3, -0.25) is 0 Å². The third-order valence-corrected chi connectivity index (χ3v) is 2.84. The third kappa shape index (κ3) is 3.44. The average Bonchev–Trinajstić information content (AvgIpc) is 2.19. The molecule has 5 heteroatoms. The maximum Gasteiger partial charge on any atom is 0.139 e. The highest BCUT2D eigenvalue weighted by atomic mass is 35.5. The van der Waals surface area contributed by atoms with Crippen molar-refractivity contribution >= 4 is 28.9 Å². The summed E-state index contributed by atoms with van der Waals surface area (Å²) in [5.41, 5.74) is -0.134. The van der Waals surface area contributed by atoms with E-state index in [1.54, 1.807) is 26.0 Å². The van der Waals surface area contributed by atoms with Crippen LogP contribution in [0.2, 0.25) is 10.0 Å². The van der Waals surface area contributed by atoms with E-state index >= 15 is 0 Å². The molecule has 0 amide bonds. The molecule has 16 heavy (non-hydrogen) atoms. The number of hydrogen-bond acceptors (Lipinski definition) is 3. The Kier molecular flexibility index (Phi) is 4.30. The lowest BCUT2D eigenvalue weighted by Crippen LogP contribution is -2.29. The molecule has 0 aliphatic carbocycles. The van der Waals surface area contributed by atoms with Crippen LogP contribution in [0.5, 0.6) is 5.75 Å². The zero-order valence-electron chi connectivity index (χ0n) is 9.47. The Morgan fingerprint density at radius 2 is 1.94 bits per heavy atom. The summed E-state index contributed by atoms with van der Waals surface area (Å²) in [7, 11) is 1.53. The average molecular weight is 264 g/mol. The van der Waals surface area contributed by atoms with Gasteiger partial charge < -0.3 is 15.2 Å². The van der Waals surface area contributed by atoms with Crippen LogP contribution in [0.1, 0.15) is 13.8 Å². The van der Waals surface area contributed by atoms with Crippen molar-refractivity contribution < 1.29 is 9.84 Å². The lowest BCUT2D eigenvalue weighted by Gasteiger charge is -2.19. The van der Waals surface area contributed by atoms with E-state index in [0.29, 0.717) is 28.0 Å². The van der Waals surface area contributed by atoms with Gasteiger partial charge in [0.15, 0.2) is 0 Å². The predicted octanol–water partition coefficient (Wildman–Crippen LogP) is 3.18. The Hall–Kier alpha value is -0.640. The molecule has 1 aromatic rings. The van der Waals surface area contributed by atoms with E-state index in [0.717, 1.165) is 0 Å². The molecule has 0 atom stereocenters. The lowest BCUT2D eigenvalue weighted by molar-refractivity contribution is 0.0945. The molecular weight excluding hydrogens is 249 g/mol. The van der Waals surface area contributed by atoms with Crippen molar-refractivity contribution in [2.75, 3.05) is 19.0 Å². The Morgan fingerprint density at radius 1 is 1.31 bits per heavy atom. The predicted molar refractivity (Wildman–Crippen MR) is 67.8 cm³/mol. The minimum atomic E-state index is -0.810. The van der Waals surface area contributed by atoms with Crippen LogP contribution < -0.4 is 10.1 Å². The second-order valence-corrected chi connectivity index (χ2v) is 4.87. The van der Waals surface area contributed by atoms with E-state index in [1.165, 1.54) is 7.11 Å². The molecule has 2 N–H and O–H groups in total. The highest BCUT2D eigenvalue weighted by Gasteiger charge is 2.15. The van der Waals surface area contributed by atoms with E-state index < -0.39 is 5.60 Å². The molecule has 0 aliphatic rings. The largest absolute Gasteiger partial charge is 0.495 e. The van der Waals surface area contributed by atoms with Crippen LogP contribution in [-0.2, 0) is 0 Å². The minimum Gasteiger partial charge on any atom is -0.495 e. The van der Waals surface area contributed by atoms with Gasteiger partial charge in [-0.1, -0.05) is 23.2 Å². The Balaban J connectivity index is 2.87. The molecular formula is C11H15Cl2NO2. The van der Waals surface area contributed by atoms with Gasteiger partial charge in [-0.15, -0.1) is 0 Å². The summed E-state index contributed by atoms with van der Waals surface area (Å²) < 4.78 is 5.03. The molecule has 90 valence electrons. The van der Waals surface area contributed by atoms with Crippen molar-refractivity contribution in [1.29, 1.82) is 0 Å². The molecule has 0 aliphatic heterocycles. The molecule has 0 bridgehead atoms.